The topological polar surface area (TPSA) is 54.2 Å². The summed E-state index contributed by atoms with van der Waals surface area (Å²) in [4.78, 5) is 6.51. The van der Waals surface area contributed by atoms with Gasteiger partial charge >= 0.3 is 0 Å². The second-order valence-corrected chi connectivity index (χ2v) is 4.06. The van der Waals surface area contributed by atoms with Crippen molar-refractivity contribution in [3.05, 3.63) is 17.8 Å². The Morgan fingerprint density at radius 3 is 2.67 bits per heavy atom. The summed E-state index contributed by atoms with van der Waals surface area (Å²) in [5.41, 5.74) is 7.30. The number of aromatic nitrogens is 1. The number of nitrogens with zero attached hydrogens (tertiary/aromatic N) is 2. The molecule has 0 aliphatic carbocycles. The first-order valence-electron chi connectivity index (χ1n) is 5.14. The van der Waals surface area contributed by atoms with Crippen molar-refractivity contribution in [3.8, 4) is 0 Å². The van der Waals surface area contributed by atoms with Crippen LogP contribution in [0.3, 0.4) is 0 Å². The predicted molar refractivity (Wildman–Crippen MR) is 65.0 cm³/mol. The number of hydrogen-bond donors (Lipinski definition) is 2. The van der Waals surface area contributed by atoms with E-state index in [1.807, 2.05) is 19.1 Å². The lowest BCUT2D eigenvalue weighted by Crippen LogP contribution is -2.31. The molecule has 1 unspecified atom stereocenters. The third-order valence-corrected chi connectivity index (χ3v) is 2.59. The quantitative estimate of drug-likeness (QED) is 0.784. The van der Waals surface area contributed by atoms with Crippen molar-refractivity contribution in [3.63, 3.8) is 0 Å². The Morgan fingerprint density at radius 1 is 1.47 bits per heavy atom. The van der Waals surface area contributed by atoms with Gasteiger partial charge in [-0.15, -0.1) is 0 Å². The normalized spacial score (nSPS) is 12.9. The van der Waals surface area contributed by atoms with Crippen LogP contribution in [0.5, 0.6) is 0 Å². The number of rotatable bonds is 4. The molecule has 0 aliphatic heterocycles. The van der Waals surface area contributed by atoms with Crippen molar-refractivity contribution >= 4 is 11.5 Å². The second-order valence-electron chi connectivity index (χ2n) is 4.06. The van der Waals surface area contributed by atoms with E-state index < -0.39 is 0 Å². The third kappa shape index (κ3) is 3.40. The molecule has 0 saturated heterocycles. The zero-order valence-corrected chi connectivity index (χ0v) is 9.91. The van der Waals surface area contributed by atoms with Crippen molar-refractivity contribution in [2.75, 3.05) is 31.7 Å². The van der Waals surface area contributed by atoms with E-state index in [0.29, 0.717) is 6.04 Å². The van der Waals surface area contributed by atoms with E-state index in [4.69, 9.17) is 5.73 Å². The van der Waals surface area contributed by atoms with Gasteiger partial charge in [-0.1, -0.05) is 0 Å². The van der Waals surface area contributed by atoms with E-state index in [1.165, 1.54) is 0 Å². The van der Waals surface area contributed by atoms with Gasteiger partial charge in [-0.3, -0.25) is 0 Å². The first-order chi connectivity index (χ1) is 7.00. The molecule has 0 saturated carbocycles. The Bertz CT molecular complexity index is 322. The minimum Gasteiger partial charge on any atom is -0.397 e. The molecule has 0 spiro atoms. The molecule has 0 amide bonds. The summed E-state index contributed by atoms with van der Waals surface area (Å²) < 4.78 is 0. The summed E-state index contributed by atoms with van der Waals surface area (Å²) in [6.07, 6.45) is 0. The average Bonchev–Trinajstić information content (AvgIpc) is 2.19. The summed E-state index contributed by atoms with van der Waals surface area (Å²) in [6.45, 7) is 4.95. The molecule has 1 heterocycles. The number of nitrogen functional groups attached to an aromatic ring is 1. The number of aryl methyl sites for hydroxylation is 1. The fourth-order valence-electron chi connectivity index (χ4n) is 1.11. The summed E-state index contributed by atoms with van der Waals surface area (Å²) >= 11 is 0. The van der Waals surface area contributed by atoms with Crippen molar-refractivity contribution in [2.45, 2.75) is 19.9 Å². The molecule has 1 aromatic rings. The molecule has 15 heavy (non-hydrogen) atoms. The summed E-state index contributed by atoms with van der Waals surface area (Å²) in [5.74, 6) is 0.885. The number of anilines is 2. The molecule has 0 fully saturated rings. The number of likely N-dealkylation sites (N-methyl/N-ethyl adjacent to an activating group) is 1. The van der Waals surface area contributed by atoms with Gasteiger partial charge in [0.1, 0.15) is 5.82 Å². The largest absolute Gasteiger partial charge is 0.397 e. The molecule has 84 valence electrons. The number of pyridine rings is 1. The monoisotopic (exact) mass is 208 g/mol. The average molecular weight is 208 g/mol. The Hall–Kier alpha value is -1.29. The lowest BCUT2D eigenvalue weighted by molar-refractivity contribution is 0.326. The molecule has 1 rings (SSSR count). The van der Waals surface area contributed by atoms with Crippen LogP contribution in [-0.4, -0.2) is 36.6 Å². The van der Waals surface area contributed by atoms with E-state index in [-0.39, 0.29) is 0 Å². The molecule has 1 atom stereocenters. The maximum atomic E-state index is 5.69. The van der Waals surface area contributed by atoms with Crippen molar-refractivity contribution in [2.24, 2.45) is 0 Å². The molecule has 0 radical (unpaired) electrons. The number of nitrogens with two attached hydrogens (primary N) is 1. The van der Waals surface area contributed by atoms with Crippen LogP contribution in [-0.2, 0) is 0 Å². The molecule has 0 bridgehead atoms. The van der Waals surface area contributed by atoms with Crippen LogP contribution in [0, 0.1) is 6.92 Å². The van der Waals surface area contributed by atoms with E-state index >= 15 is 0 Å². The zero-order chi connectivity index (χ0) is 11.4. The van der Waals surface area contributed by atoms with Crippen molar-refractivity contribution in [1.82, 2.24) is 9.88 Å². The standard InChI is InChI=1S/C11H20N4/c1-8(15(3)4)7-13-11-6-5-10(12)9(2)14-11/h5-6,8H,7,12H2,1-4H3,(H,13,14). The number of hydrogen-bond acceptors (Lipinski definition) is 4. The Labute approximate surface area is 91.5 Å². The van der Waals surface area contributed by atoms with Gasteiger partial charge in [-0.2, -0.15) is 0 Å². The summed E-state index contributed by atoms with van der Waals surface area (Å²) in [7, 11) is 4.13. The molecule has 0 aromatic carbocycles. The maximum absolute atomic E-state index is 5.69. The highest BCUT2D eigenvalue weighted by Crippen LogP contribution is 2.11. The van der Waals surface area contributed by atoms with Gasteiger partial charge in [0.2, 0.25) is 0 Å². The fourth-order valence-corrected chi connectivity index (χ4v) is 1.11. The highest BCUT2D eigenvalue weighted by Gasteiger charge is 2.04. The van der Waals surface area contributed by atoms with Crippen LogP contribution in [0.1, 0.15) is 12.6 Å². The minimum absolute atomic E-state index is 0.477. The molecular weight excluding hydrogens is 188 g/mol. The highest BCUT2D eigenvalue weighted by molar-refractivity contribution is 5.49. The van der Waals surface area contributed by atoms with Crippen LogP contribution >= 0.6 is 0 Å². The fraction of sp³-hybridized carbons (Fsp3) is 0.545. The zero-order valence-electron chi connectivity index (χ0n) is 9.91. The van der Waals surface area contributed by atoms with Gasteiger partial charge in [-0.05, 0) is 40.1 Å². The van der Waals surface area contributed by atoms with E-state index in [0.717, 1.165) is 23.7 Å². The first kappa shape index (κ1) is 11.8. The molecule has 4 heteroatoms. The Morgan fingerprint density at radius 2 is 2.13 bits per heavy atom. The smallest absolute Gasteiger partial charge is 0.126 e. The van der Waals surface area contributed by atoms with Crippen LogP contribution in [0.4, 0.5) is 11.5 Å². The maximum Gasteiger partial charge on any atom is 0.126 e. The Balaban J connectivity index is 2.55. The summed E-state index contributed by atoms with van der Waals surface area (Å²) in [5, 5.41) is 3.29. The van der Waals surface area contributed by atoms with Crippen LogP contribution in [0.2, 0.25) is 0 Å². The van der Waals surface area contributed by atoms with Gasteiger partial charge < -0.3 is 16.0 Å². The van der Waals surface area contributed by atoms with E-state index in [9.17, 15) is 0 Å². The van der Waals surface area contributed by atoms with Crippen molar-refractivity contribution < 1.29 is 0 Å². The molecule has 4 nitrogen and oxygen atoms in total. The minimum atomic E-state index is 0.477. The van der Waals surface area contributed by atoms with Gasteiger partial charge in [-0.25, -0.2) is 4.98 Å². The first-order valence-corrected chi connectivity index (χ1v) is 5.14. The lowest BCUT2D eigenvalue weighted by Gasteiger charge is -2.20. The molecule has 3 N–H and O–H groups in total. The second kappa shape index (κ2) is 4.98. The van der Waals surface area contributed by atoms with Gasteiger partial charge in [0.25, 0.3) is 0 Å². The lowest BCUT2D eigenvalue weighted by atomic mass is 10.3. The summed E-state index contributed by atoms with van der Waals surface area (Å²) in [6, 6.07) is 4.26. The van der Waals surface area contributed by atoms with Gasteiger partial charge in [0.15, 0.2) is 0 Å². The number of nitrogens with one attached hydrogen (secondary N) is 1. The molecule has 1 aromatic heterocycles. The molecule has 0 aliphatic rings. The van der Waals surface area contributed by atoms with Crippen molar-refractivity contribution in [1.29, 1.82) is 0 Å². The van der Waals surface area contributed by atoms with E-state index in [2.05, 4.69) is 36.2 Å². The third-order valence-electron chi connectivity index (χ3n) is 2.59. The molecular formula is C11H20N4. The Kier molecular flexibility index (Phi) is 3.91. The highest BCUT2D eigenvalue weighted by atomic mass is 15.1. The van der Waals surface area contributed by atoms with Crippen LogP contribution < -0.4 is 11.1 Å². The SMILES string of the molecule is Cc1nc(NCC(C)N(C)C)ccc1N. The van der Waals surface area contributed by atoms with Crippen LogP contribution in [0.25, 0.3) is 0 Å². The van der Waals surface area contributed by atoms with Gasteiger partial charge in [0.05, 0.1) is 11.4 Å². The van der Waals surface area contributed by atoms with E-state index in [1.54, 1.807) is 0 Å². The predicted octanol–water partition coefficient (Wildman–Crippen LogP) is 1.33. The van der Waals surface area contributed by atoms with Crippen LogP contribution in [0.15, 0.2) is 12.1 Å². The van der Waals surface area contributed by atoms with Gasteiger partial charge in [0, 0.05) is 12.6 Å².